The van der Waals surface area contributed by atoms with Gasteiger partial charge in [-0.1, -0.05) is 45.2 Å². The van der Waals surface area contributed by atoms with Crippen LogP contribution in [0.1, 0.15) is 68.5 Å². The van der Waals surface area contributed by atoms with Crippen molar-refractivity contribution in [3.63, 3.8) is 0 Å². The van der Waals surface area contributed by atoms with Gasteiger partial charge < -0.3 is 20.5 Å². The third-order valence-corrected chi connectivity index (χ3v) is 7.43. The fourth-order valence-electron chi connectivity index (χ4n) is 4.94. The number of carbonyl (C=O) groups excluding carboxylic acids is 2. The highest BCUT2D eigenvalue weighted by Crippen LogP contribution is 2.36. The van der Waals surface area contributed by atoms with Gasteiger partial charge in [0.25, 0.3) is 5.91 Å². The highest BCUT2D eigenvalue weighted by Gasteiger charge is 2.26. The monoisotopic (exact) mass is 576 g/mol. The normalized spacial score (nSPS) is 13.8. The van der Waals surface area contributed by atoms with Gasteiger partial charge in [0.2, 0.25) is 0 Å². The average Bonchev–Trinajstić information content (AvgIpc) is 3.60. The number of rotatable bonds is 7. The second-order valence-electron chi connectivity index (χ2n) is 11.1. The molecule has 2 aromatic heterocycles. The summed E-state index contributed by atoms with van der Waals surface area (Å²) >= 11 is 6.54. The van der Waals surface area contributed by atoms with E-state index in [0.717, 1.165) is 31.4 Å². The van der Waals surface area contributed by atoms with Gasteiger partial charge in [-0.15, -0.1) is 0 Å². The van der Waals surface area contributed by atoms with Gasteiger partial charge in [-0.3, -0.25) is 15.1 Å². The maximum absolute atomic E-state index is 13.0. The Morgan fingerprint density at radius 3 is 2.46 bits per heavy atom. The van der Waals surface area contributed by atoms with Crippen LogP contribution in [0.15, 0.2) is 48.7 Å². The zero-order valence-corrected chi connectivity index (χ0v) is 24.2. The van der Waals surface area contributed by atoms with E-state index in [9.17, 15) is 9.59 Å². The third kappa shape index (κ3) is 6.07. The zero-order valence-electron chi connectivity index (χ0n) is 23.5. The number of halogens is 1. The highest BCUT2D eigenvalue weighted by atomic mass is 35.5. The summed E-state index contributed by atoms with van der Waals surface area (Å²) in [5.74, 6) is 1.24. The number of pyridine rings is 1. The molecule has 1 aliphatic carbocycles. The third-order valence-electron chi connectivity index (χ3n) is 7.12. The van der Waals surface area contributed by atoms with Crippen LogP contribution in [0.3, 0.4) is 0 Å². The van der Waals surface area contributed by atoms with Crippen LogP contribution < -0.4 is 25.8 Å². The first-order valence-corrected chi connectivity index (χ1v) is 13.8. The van der Waals surface area contributed by atoms with E-state index in [1.165, 1.54) is 7.11 Å². The summed E-state index contributed by atoms with van der Waals surface area (Å²) in [6.07, 6.45) is 5.98. The topological polar surface area (TPSA) is 133 Å². The van der Waals surface area contributed by atoms with Crippen molar-refractivity contribution < 1.29 is 19.1 Å². The van der Waals surface area contributed by atoms with E-state index >= 15 is 0 Å². The number of carbonyl (C=O) groups is 2. The number of nitrogens with one attached hydrogen (secondary N) is 2. The Morgan fingerprint density at radius 1 is 1.05 bits per heavy atom. The van der Waals surface area contributed by atoms with Crippen LogP contribution in [-0.4, -0.2) is 33.8 Å². The summed E-state index contributed by atoms with van der Waals surface area (Å²) in [5, 5.41) is 11.5. The van der Waals surface area contributed by atoms with Crippen LogP contribution in [0.25, 0.3) is 10.9 Å². The van der Waals surface area contributed by atoms with Gasteiger partial charge >= 0.3 is 6.03 Å². The Hall–Kier alpha value is -4.31. The number of hydrogen-bond donors (Lipinski definition) is 3. The van der Waals surface area contributed by atoms with Crippen LogP contribution in [0.2, 0.25) is 5.02 Å². The van der Waals surface area contributed by atoms with Crippen molar-refractivity contribution in [1.82, 2.24) is 14.8 Å². The molecule has 2 heterocycles. The molecule has 0 aliphatic heterocycles. The highest BCUT2D eigenvalue weighted by molar-refractivity contribution is 6.34. The zero-order chi connectivity index (χ0) is 29.3. The van der Waals surface area contributed by atoms with Gasteiger partial charge in [-0.2, -0.15) is 5.10 Å². The first-order valence-electron chi connectivity index (χ1n) is 13.5. The molecule has 41 heavy (non-hydrogen) atoms. The molecule has 2 aromatic carbocycles. The number of anilines is 2. The van der Waals surface area contributed by atoms with Crippen LogP contribution in [0.4, 0.5) is 16.3 Å². The molecule has 0 atom stereocenters. The number of urea groups is 1. The molecule has 214 valence electrons. The second-order valence-corrected chi connectivity index (χ2v) is 11.5. The maximum Gasteiger partial charge on any atom is 0.324 e. The second kappa shape index (κ2) is 11.3. The largest absolute Gasteiger partial charge is 0.496 e. The van der Waals surface area contributed by atoms with Crippen molar-refractivity contribution in [2.24, 2.45) is 5.73 Å². The van der Waals surface area contributed by atoms with Crippen molar-refractivity contribution in [1.29, 1.82) is 0 Å². The molecule has 11 heteroatoms. The van der Waals surface area contributed by atoms with E-state index in [1.54, 1.807) is 42.6 Å². The van der Waals surface area contributed by atoms with Crippen molar-refractivity contribution in [3.8, 4) is 17.2 Å². The number of nitrogens with two attached hydrogens (primary N) is 1. The smallest absolute Gasteiger partial charge is 0.324 e. The molecule has 3 amide bonds. The van der Waals surface area contributed by atoms with Crippen LogP contribution >= 0.6 is 11.6 Å². The molecule has 0 unspecified atom stereocenters. The van der Waals surface area contributed by atoms with Crippen molar-refractivity contribution in [2.75, 3.05) is 17.7 Å². The molecule has 0 saturated heterocycles. The lowest BCUT2D eigenvalue weighted by Crippen LogP contribution is -2.22. The average molecular weight is 577 g/mol. The van der Waals surface area contributed by atoms with E-state index in [1.807, 2.05) is 10.7 Å². The van der Waals surface area contributed by atoms with Gasteiger partial charge in [0.1, 0.15) is 23.1 Å². The maximum atomic E-state index is 13.0. The number of methoxy groups -OCH3 is 1. The Morgan fingerprint density at radius 2 is 1.80 bits per heavy atom. The molecule has 1 fully saturated rings. The van der Waals surface area contributed by atoms with Crippen LogP contribution in [0.5, 0.6) is 17.2 Å². The van der Waals surface area contributed by atoms with Crippen molar-refractivity contribution in [2.45, 2.75) is 57.9 Å². The molecule has 4 N–H and O–H groups in total. The molecule has 10 nitrogen and oxygen atoms in total. The van der Waals surface area contributed by atoms with Gasteiger partial charge in [0.15, 0.2) is 0 Å². The summed E-state index contributed by atoms with van der Waals surface area (Å²) < 4.78 is 13.3. The minimum Gasteiger partial charge on any atom is -0.496 e. The van der Waals surface area contributed by atoms with E-state index in [0.29, 0.717) is 39.7 Å². The minimum atomic E-state index is -0.628. The predicted octanol–water partition coefficient (Wildman–Crippen LogP) is 7.04. The Bertz CT molecular complexity index is 1620. The number of benzene rings is 2. The lowest BCUT2D eigenvalue weighted by atomic mass is 9.92. The van der Waals surface area contributed by atoms with Crippen molar-refractivity contribution in [3.05, 3.63) is 64.9 Å². The number of hydrogen-bond acceptors (Lipinski definition) is 6. The number of nitrogens with zero attached hydrogens (tertiary/aromatic N) is 3. The standard InChI is InChI=1S/C30H33ClN6O4/c1-30(2,3)26-16-27(37(36-26)17-7-5-6-8-17)35-29(39)34-22-10-9-18(13-21(22)31)41-24-11-12-33-23-15-25(40-4)20(28(32)38)14-19(23)24/h9-17H,5-8H2,1-4H3,(H2,32,38)(H2,34,35,39). The van der Waals surface area contributed by atoms with Gasteiger partial charge in [-0.05, 0) is 37.1 Å². The summed E-state index contributed by atoms with van der Waals surface area (Å²) in [7, 11) is 1.46. The van der Waals surface area contributed by atoms with Gasteiger partial charge in [0, 0.05) is 35.2 Å². The molecular formula is C30H33ClN6O4. The molecule has 0 radical (unpaired) electrons. The summed E-state index contributed by atoms with van der Waals surface area (Å²) in [4.78, 5) is 29.3. The Balaban J connectivity index is 1.34. The van der Waals surface area contributed by atoms with Crippen LogP contribution in [0, 0.1) is 0 Å². The molecule has 1 aliphatic rings. The molecule has 4 aromatic rings. The predicted molar refractivity (Wildman–Crippen MR) is 159 cm³/mol. The first kappa shape index (κ1) is 28.2. The minimum absolute atomic E-state index is 0.149. The van der Waals surface area contributed by atoms with E-state index in [2.05, 4.69) is 36.4 Å². The molecule has 5 rings (SSSR count). The molecule has 1 saturated carbocycles. The quantitative estimate of drug-likeness (QED) is 0.216. The van der Waals surface area contributed by atoms with E-state index < -0.39 is 11.9 Å². The number of amides is 3. The SMILES string of the molecule is COc1cc2nccc(Oc3ccc(NC(=O)Nc4cc(C(C)(C)C)nn4C4CCCC4)c(Cl)c3)c2cc1C(N)=O. The fourth-order valence-corrected chi connectivity index (χ4v) is 5.16. The molecule has 0 spiro atoms. The van der Waals surface area contributed by atoms with Gasteiger partial charge in [-0.25, -0.2) is 9.48 Å². The Labute approximate surface area is 243 Å². The van der Waals surface area contributed by atoms with E-state index in [-0.39, 0.29) is 22.0 Å². The summed E-state index contributed by atoms with van der Waals surface area (Å²) in [6, 6.07) is 11.6. The Kier molecular flexibility index (Phi) is 7.77. The fraction of sp³-hybridized carbons (Fsp3) is 0.333. The van der Waals surface area contributed by atoms with E-state index in [4.69, 9.17) is 31.9 Å². The summed E-state index contributed by atoms with van der Waals surface area (Å²) in [6.45, 7) is 6.30. The van der Waals surface area contributed by atoms with Crippen LogP contribution in [-0.2, 0) is 5.41 Å². The lowest BCUT2D eigenvalue weighted by Gasteiger charge is -2.16. The lowest BCUT2D eigenvalue weighted by molar-refractivity contribution is 0.0997. The summed E-state index contributed by atoms with van der Waals surface area (Å²) in [5.41, 5.74) is 7.49. The number of fused-ring (bicyclic) bond motifs is 1. The van der Waals surface area contributed by atoms with Crippen molar-refractivity contribution >= 4 is 45.9 Å². The first-order chi connectivity index (χ1) is 19.5. The number of aromatic nitrogens is 3. The number of primary amides is 1. The number of ether oxygens (including phenoxy) is 2. The molecular weight excluding hydrogens is 544 g/mol. The molecule has 0 bridgehead atoms. The van der Waals surface area contributed by atoms with Gasteiger partial charge in [0.05, 0.1) is 40.6 Å².